The molecule has 3 heteroatoms. The summed E-state index contributed by atoms with van der Waals surface area (Å²) < 4.78 is 0. The molecule has 1 aromatic rings. The SMILES string of the molecule is NC(=O)CC1CCc2c(Cl)cccc21. The monoisotopic (exact) mass is 209 g/mol. The van der Waals surface area contributed by atoms with E-state index in [0.717, 1.165) is 17.9 Å². The molecule has 1 aromatic carbocycles. The Kier molecular flexibility index (Phi) is 2.46. The van der Waals surface area contributed by atoms with Crippen molar-refractivity contribution in [3.8, 4) is 0 Å². The zero-order chi connectivity index (χ0) is 10.1. The Morgan fingerprint density at radius 2 is 2.36 bits per heavy atom. The average Bonchev–Trinajstić information content (AvgIpc) is 2.49. The summed E-state index contributed by atoms with van der Waals surface area (Å²) in [4.78, 5) is 10.8. The van der Waals surface area contributed by atoms with Crippen LogP contribution in [0.3, 0.4) is 0 Å². The number of rotatable bonds is 2. The van der Waals surface area contributed by atoms with Crippen LogP contribution in [0.15, 0.2) is 18.2 Å². The number of nitrogens with two attached hydrogens (primary N) is 1. The van der Waals surface area contributed by atoms with Crippen LogP contribution < -0.4 is 5.73 Å². The Labute approximate surface area is 88.1 Å². The molecule has 1 aliphatic rings. The molecule has 74 valence electrons. The molecule has 1 aliphatic carbocycles. The summed E-state index contributed by atoms with van der Waals surface area (Å²) in [7, 11) is 0. The van der Waals surface area contributed by atoms with Crippen molar-refractivity contribution in [2.45, 2.75) is 25.2 Å². The maximum atomic E-state index is 10.8. The van der Waals surface area contributed by atoms with Crippen LogP contribution in [0, 0.1) is 0 Å². The van der Waals surface area contributed by atoms with Gasteiger partial charge in [-0.15, -0.1) is 0 Å². The first kappa shape index (κ1) is 9.53. The van der Waals surface area contributed by atoms with Gasteiger partial charge in [-0.25, -0.2) is 0 Å². The third-order valence-corrected chi connectivity index (χ3v) is 3.14. The van der Waals surface area contributed by atoms with Gasteiger partial charge in [-0.05, 0) is 36.0 Å². The van der Waals surface area contributed by atoms with E-state index in [1.54, 1.807) is 0 Å². The number of halogens is 1. The standard InChI is InChI=1S/C11H12ClNO/c12-10-3-1-2-8-7(6-11(13)14)4-5-9(8)10/h1-3,7H,4-6H2,(H2,13,14). The molecule has 0 aromatic heterocycles. The van der Waals surface area contributed by atoms with E-state index in [1.165, 1.54) is 11.1 Å². The number of carbonyl (C=O) groups is 1. The first-order valence-corrected chi connectivity index (χ1v) is 5.12. The highest BCUT2D eigenvalue weighted by atomic mass is 35.5. The molecule has 2 nitrogen and oxygen atoms in total. The van der Waals surface area contributed by atoms with Crippen molar-refractivity contribution in [1.82, 2.24) is 0 Å². The zero-order valence-electron chi connectivity index (χ0n) is 7.79. The Hall–Kier alpha value is -1.02. The second-order valence-corrected chi connectivity index (χ2v) is 4.12. The van der Waals surface area contributed by atoms with E-state index in [-0.39, 0.29) is 11.8 Å². The van der Waals surface area contributed by atoms with Crippen molar-refractivity contribution in [2.24, 2.45) is 5.73 Å². The fraction of sp³-hybridized carbons (Fsp3) is 0.364. The highest BCUT2D eigenvalue weighted by molar-refractivity contribution is 6.31. The Bertz CT molecular complexity index is 376. The summed E-state index contributed by atoms with van der Waals surface area (Å²) >= 11 is 6.06. The van der Waals surface area contributed by atoms with Crippen LogP contribution in [-0.4, -0.2) is 5.91 Å². The molecule has 2 rings (SSSR count). The molecule has 0 bridgehead atoms. The first-order chi connectivity index (χ1) is 6.68. The van der Waals surface area contributed by atoms with E-state index in [0.29, 0.717) is 6.42 Å². The molecular formula is C11H12ClNO. The van der Waals surface area contributed by atoms with E-state index in [4.69, 9.17) is 17.3 Å². The quantitative estimate of drug-likeness (QED) is 0.798. The van der Waals surface area contributed by atoms with Crippen LogP contribution in [-0.2, 0) is 11.2 Å². The number of primary amides is 1. The summed E-state index contributed by atoms with van der Waals surface area (Å²) in [6.45, 7) is 0. The lowest BCUT2D eigenvalue weighted by Crippen LogP contribution is -2.13. The van der Waals surface area contributed by atoms with Crippen molar-refractivity contribution in [3.63, 3.8) is 0 Å². The van der Waals surface area contributed by atoms with Gasteiger partial charge in [0.1, 0.15) is 0 Å². The van der Waals surface area contributed by atoms with Gasteiger partial charge >= 0.3 is 0 Å². The van der Waals surface area contributed by atoms with Gasteiger partial charge in [-0.1, -0.05) is 23.7 Å². The summed E-state index contributed by atoms with van der Waals surface area (Å²) in [5.74, 6) is 0.0454. The number of carbonyl (C=O) groups excluding carboxylic acids is 1. The van der Waals surface area contributed by atoms with Gasteiger partial charge in [0.05, 0.1) is 0 Å². The lowest BCUT2D eigenvalue weighted by Gasteiger charge is -2.08. The summed E-state index contributed by atoms with van der Waals surface area (Å²) in [5, 5.41) is 0.814. The second kappa shape index (κ2) is 3.62. The Morgan fingerprint density at radius 1 is 1.57 bits per heavy atom. The molecular weight excluding hydrogens is 198 g/mol. The van der Waals surface area contributed by atoms with E-state index in [2.05, 4.69) is 0 Å². The molecule has 0 aliphatic heterocycles. The maximum absolute atomic E-state index is 10.8. The molecule has 0 heterocycles. The van der Waals surface area contributed by atoms with Gasteiger partial charge in [0.25, 0.3) is 0 Å². The Morgan fingerprint density at radius 3 is 3.07 bits per heavy atom. The molecule has 1 unspecified atom stereocenters. The van der Waals surface area contributed by atoms with Crippen molar-refractivity contribution in [3.05, 3.63) is 34.3 Å². The van der Waals surface area contributed by atoms with Gasteiger partial charge in [0.2, 0.25) is 5.91 Å². The molecule has 0 radical (unpaired) electrons. The van der Waals surface area contributed by atoms with Crippen LogP contribution in [0.25, 0.3) is 0 Å². The first-order valence-electron chi connectivity index (χ1n) is 4.74. The van der Waals surface area contributed by atoms with Gasteiger partial charge < -0.3 is 5.73 Å². The predicted octanol–water partition coefficient (Wildman–Crippen LogP) is 2.25. The number of amides is 1. The smallest absolute Gasteiger partial charge is 0.218 e. The van der Waals surface area contributed by atoms with Crippen molar-refractivity contribution < 1.29 is 4.79 Å². The van der Waals surface area contributed by atoms with Crippen LogP contribution in [0.4, 0.5) is 0 Å². The molecule has 14 heavy (non-hydrogen) atoms. The van der Waals surface area contributed by atoms with Gasteiger partial charge in [-0.3, -0.25) is 4.79 Å². The lowest BCUT2D eigenvalue weighted by atomic mass is 9.98. The third-order valence-electron chi connectivity index (χ3n) is 2.79. The van der Waals surface area contributed by atoms with Crippen LogP contribution in [0.5, 0.6) is 0 Å². The molecule has 1 atom stereocenters. The topological polar surface area (TPSA) is 43.1 Å². The van der Waals surface area contributed by atoms with Crippen LogP contribution in [0.1, 0.15) is 29.9 Å². The van der Waals surface area contributed by atoms with E-state index in [1.807, 2.05) is 18.2 Å². The maximum Gasteiger partial charge on any atom is 0.218 e. The summed E-state index contributed by atoms with van der Waals surface area (Å²) in [6.07, 6.45) is 2.39. The van der Waals surface area contributed by atoms with Crippen LogP contribution in [0.2, 0.25) is 5.02 Å². The number of hydrogen-bond donors (Lipinski definition) is 1. The average molecular weight is 210 g/mol. The van der Waals surface area contributed by atoms with E-state index >= 15 is 0 Å². The minimum absolute atomic E-state index is 0.233. The number of hydrogen-bond acceptors (Lipinski definition) is 1. The molecule has 1 amide bonds. The van der Waals surface area contributed by atoms with Gasteiger partial charge in [0.15, 0.2) is 0 Å². The summed E-state index contributed by atoms with van der Waals surface area (Å²) in [5.41, 5.74) is 7.60. The molecule has 0 saturated carbocycles. The largest absolute Gasteiger partial charge is 0.370 e. The number of benzene rings is 1. The normalized spacial score (nSPS) is 19.4. The van der Waals surface area contributed by atoms with Gasteiger partial charge in [-0.2, -0.15) is 0 Å². The molecule has 0 saturated heterocycles. The van der Waals surface area contributed by atoms with Crippen molar-refractivity contribution in [2.75, 3.05) is 0 Å². The van der Waals surface area contributed by atoms with Crippen molar-refractivity contribution >= 4 is 17.5 Å². The summed E-state index contributed by atoms with van der Waals surface area (Å²) in [6, 6.07) is 5.87. The van der Waals surface area contributed by atoms with Gasteiger partial charge in [0, 0.05) is 11.4 Å². The lowest BCUT2D eigenvalue weighted by molar-refractivity contribution is -0.118. The van der Waals surface area contributed by atoms with E-state index in [9.17, 15) is 4.79 Å². The fourth-order valence-electron chi connectivity index (χ4n) is 2.15. The zero-order valence-corrected chi connectivity index (χ0v) is 8.55. The highest BCUT2D eigenvalue weighted by Gasteiger charge is 2.25. The van der Waals surface area contributed by atoms with E-state index < -0.39 is 0 Å². The van der Waals surface area contributed by atoms with Crippen molar-refractivity contribution in [1.29, 1.82) is 0 Å². The minimum Gasteiger partial charge on any atom is -0.370 e. The molecule has 0 spiro atoms. The molecule has 0 fully saturated rings. The minimum atomic E-state index is -0.233. The third kappa shape index (κ3) is 1.62. The van der Waals surface area contributed by atoms with Crippen LogP contribution >= 0.6 is 11.6 Å². The Balaban J connectivity index is 2.30. The molecule has 2 N–H and O–H groups in total. The second-order valence-electron chi connectivity index (χ2n) is 3.71. The highest BCUT2D eigenvalue weighted by Crippen LogP contribution is 2.38. The fourth-order valence-corrected chi connectivity index (χ4v) is 2.43. The number of fused-ring (bicyclic) bond motifs is 1. The predicted molar refractivity (Wildman–Crippen MR) is 56.3 cm³/mol.